The molecule has 16 aromatic heterocycles. The van der Waals surface area contributed by atoms with E-state index in [9.17, 15) is 61.5 Å². The Morgan fingerprint density at radius 1 is 0.380 bits per heavy atom. The van der Waals surface area contributed by atoms with Crippen molar-refractivity contribution in [1.29, 1.82) is 5.26 Å². The minimum Gasteiger partial charge on any atom is -0.378 e. The molecule has 0 amide bonds. The van der Waals surface area contributed by atoms with E-state index in [0.29, 0.717) is 46.4 Å². The smallest absolute Gasteiger partial charge is 0.378 e. The second kappa shape index (κ2) is 44.6. The fourth-order valence-corrected chi connectivity index (χ4v) is 14.0. The molecule has 16 heterocycles. The van der Waals surface area contributed by atoms with Gasteiger partial charge in [0, 0.05) is 81.6 Å². The third-order valence-corrected chi connectivity index (χ3v) is 20.6. The van der Waals surface area contributed by atoms with E-state index in [1.807, 2.05) is 95.3 Å². The summed E-state index contributed by atoms with van der Waals surface area (Å²) < 4.78 is 196. The molecule has 42 heteroatoms. The number of pyridine rings is 11. The van der Waals surface area contributed by atoms with Crippen molar-refractivity contribution < 1.29 is 146 Å². The average molecular weight is 2600 g/mol. The standard InChI is InChI=1S/C27H29F3N6.C24H19F5N6.C23H12F6N4.C21H14N8.4Pt/c1-18(2)16-26(17-19(3)4,21-8-6-10-24(31-21)35-14-12-20(5)33-35)22-9-7-11-25(32-22)36-15-13-23(34-36)27(28,29)30;1-23(2,17-6-5-7-21(31-17)35-11-10-18(33-35)24(27,28)29)19-13-14(34(3)4)12-16(30-19)15-8-9-20(25)32-22(15)26;1-23(2,17-9-11(24)7-15(30-17)13-3-5-19(26)32-21(13)28)18-10-12(25)8-16(31-18)14-4-6-20(27)33-22(14)29;1-21(2,16-6-4-8-19(24-16)28-12-10-15(14-22)26-28)17-7-5-9-20(25-17)29-13-11-18(23-3)27-29;;;;/h6-13,18-19H,16-17H2,1-5H3;5-7,9-10,12-13H,1-4H3;5-10H,1-2H3;4-11H,1-2H3;;;;/q4*-2;4*+2. The summed E-state index contributed by atoms with van der Waals surface area (Å²) in [6.45, 7) is 28.3. The van der Waals surface area contributed by atoms with E-state index in [2.05, 4.69) is 142 Å². The topological polar surface area (TPSA) is 262 Å². The summed E-state index contributed by atoms with van der Waals surface area (Å²) in [6.07, 6.45) is 6.20. The number of alkyl halides is 6. The zero-order chi connectivity index (χ0) is 96.0. The fraction of sp³-hybridized carbons (Fsp3) is 0.242. The number of hydrogen-bond acceptors (Lipinski definition) is 18. The quantitative estimate of drug-likeness (QED) is 0.0368. The Morgan fingerprint density at radius 2 is 0.701 bits per heavy atom. The van der Waals surface area contributed by atoms with Gasteiger partial charge in [-0.3, -0.25) is 65.1 Å². The predicted molar refractivity (Wildman–Crippen MR) is 456 cm³/mol. The van der Waals surface area contributed by atoms with Crippen LogP contribution in [-0.4, -0.2) is 118 Å². The maximum absolute atomic E-state index is 14.4. The molecule has 0 unspecified atom stereocenters. The molecule has 0 bridgehead atoms. The molecule has 0 aliphatic carbocycles. The average Bonchev–Trinajstić information content (AvgIpc) is 1.43. The van der Waals surface area contributed by atoms with Crippen LogP contribution in [0.25, 0.3) is 67.7 Å². The summed E-state index contributed by atoms with van der Waals surface area (Å²) in [7, 11) is 3.59. The SMILES string of the molecule is CC(C)(c1cc(F)cc(-c2[c-]cc(F)nc2F)n1)c1cc(F)cc(-c2[c-]cc(F)nc2F)n1.CN(C)c1cc(-c2[c-]cc(F)nc2F)nc(C(C)(C)c2cccc(-n3[c-]cc(C(F)(F)F)n3)n2)c1.Cc1c[c-]n(-c2cccc(C(CC(C)C)(CC(C)C)c3cccc(-n4[c-]cc(C(F)(F)F)n4)n3)n2)n1.[C-]#[N+]c1c[c-]n(-c2cccc(C(C)(C)c3cccc(-n4[c-]cc(C#N)n4)n3)n2)n1.[Pt+2].[Pt+2].[Pt+2].[Pt+2]. The number of aryl methyl sites for hydroxylation is 1. The van der Waals surface area contributed by atoms with Crippen molar-refractivity contribution in [3.63, 3.8) is 0 Å². The summed E-state index contributed by atoms with van der Waals surface area (Å²) in [5.74, 6) is -5.31. The molecule has 0 radical (unpaired) electrons. The van der Waals surface area contributed by atoms with Crippen molar-refractivity contribution in [2.24, 2.45) is 11.8 Å². The van der Waals surface area contributed by atoms with E-state index in [0.717, 1.165) is 105 Å². The van der Waals surface area contributed by atoms with Crippen molar-refractivity contribution in [1.82, 2.24) is 104 Å². The van der Waals surface area contributed by atoms with Crippen molar-refractivity contribution in [3.05, 3.63) is 352 Å². The second-order valence-corrected chi connectivity index (χ2v) is 32.6. The van der Waals surface area contributed by atoms with Crippen LogP contribution in [0, 0.1) is 133 Å². The third kappa shape index (κ3) is 25.4. The van der Waals surface area contributed by atoms with E-state index in [1.165, 1.54) is 41.4 Å². The molecule has 0 aliphatic rings. The molecule has 137 heavy (non-hydrogen) atoms. The van der Waals surface area contributed by atoms with Gasteiger partial charge in [0.2, 0.25) is 0 Å². The molecule has 16 rings (SSSR count). The Kier molecular flexibility index (Phi) is 35.1. The summed E-state index contributed by atoms with van der Waals surface area (Å²) in [6, 6.07) is 52.6. The minimum atomic E-state index is -4.60. The molecular formula is C95H74F14N24Pt4. The molecular weight excluding hydrogens is 2520 g/mol. The Balaban J connectivity index is 0.000000203. The second-order valence-electron chi connectivity index (χ2n) is 32.6. The number of hydrogen-bond donors (Lipinski definition) is 0. The largest absolute Gasteiger partial charge is 2.00 e. The van der Waals surface area contributed by atoms with Gasteiger partial charge in [0.15, 0.2) is 0 Å². The number of rotatable bonds is 21. The number of anilines is 1. The van der Waals surface area contributed by atoms with Gasteiger partial charge in [-0.2, -0.15) is 26.3 Å². The van der Waals surface area contributed by atoms with E-state index in [1.54, 1.807) is 72.2 Å². The van der Waals surface area contributed by atoms with Gasteiger partial charge in [-0.05, 0) is 167 Å². The fourth-order valence-electron chi connectivity index (χ4n) is 14.0. The maximum atomic E-state index is 14.4. The van der Waals surface area contributed by atoms with Gasteiger partial charge in [-0.15, -0.1) is 42.5 Å². The zero-order valence-corrected chi connectivity index (χ0v) is 83.2. The number of nitrogens with zero attached hydrogens (tertiary/aromatic N) is 24. The summed E-state index contributed by atoms with van der Waals surface area (Å²) in [4.78, 5) is 51.2. The van der Waals surface area contributed by atoms with Crippen LogP contribution in [0.1, 0.15) is 150 Å². The van der Waals surface area contributed by atoms with Crippen LogP contribution in [0.15, 0.2) is 176 Å². The Labute approximate surface area is 835 Å². The summed E-state index contributed by atoms with van der Waals surface area (Å²) in [5, 5.41) is 28.9. The van der Waals surface area contributed by atoms with Crippen molar-refractivity contribution in [2.45, 2.75) is 123 Å². The molecule has 0 atom stereocenters. The predicted octanol–water partition coefficient (Wildman–Crippen LogP) is 19.7. The monoisotopic (exact) mass is 2600 g/mol. The van der Waals surface area contributed by atoms with Gasteiger partial charge < -0.3 is 33.5 Å². The molecule has 0 spiro atoms. The molecule has 0 saturated carbocycles. The molecule has 0 saturated heterocycles. The van der Waals surface area contributed by atoms with Crippen molar-refractivity contribution in [2.75, 3.05) is 19.0 Å². The van der Waals surface area contributed by atoms with Crippen molar-refractivity contribution in [3.8, 4) is 68.9 Å². The zero-order valence-electron chi connectivity index (χ0n) is 74.1. The first-order chi connectivity index (χ1) is 62.9. The molecule has 16 aromatic rings. The van der Waals surface area contributed by atoms with Crippen LogP contribution in [0.3, 0.4) is 0 Å². The van der Waals surface area contributed by atoms with Crippen LogP contribution >= 0.6 is 0 Å². The first-order valence-corrected chi connectivity index (χ1v) is 40.3. The van der Waals surface area contributed by atoms with Crippen LogP contribution in [0.4, 0.5) is 73.0 Å². The number of nitriles is 1. The van der Waals surface area contributed by atoms with Gasteiger partial charge in [0.25, 0.3) is 0 Å². The molecule has 0 N–H and O–H groups in total. The number of aromatic nitrogens is 21. The van der Waals surface area contributed by atoms with Crippen LogP contribution in [0.5, 0.6) is 0 Å². The summed E-state index contributed by atoms with van der Waals surface area (Å²) in [5.41, 5.74) is -0.518. The van der Waals surface area contributed by atoms with Crippen LogP contribution in [-0.2, 0) is 118 Å². The van der Waals surface area contributed by atoms with Crippen molar-refractivity contribution >= 4 is 11.5 Å². The van der Waals surface area contributed by atoms with Gasteiger partial charge in [0.05, 0.1) is 57.7 Å². The first kappa shape index (κ1) is 108. The van der Waals surface area contributed by atoms with Gasteiger partial charge in [-0.25, -0.2) is 50.2 Å². The first-order valence-electron chi connectivity index (χ1n) is 40.3. The Bertz CT molecular complexity index is 6810. The molecule has 712 valence electrons. The third-order valence-electron chi connectivity index (χ3n) is 20.6. The van der Waals surface area contributed by atoms with Gasteiger partial charge in [-0.1, -0.05) is 168 Å². The Hall–Kier alpha value is -12.7. The molecule has 0 fully saturated rings. The van der Waals surface area contributed by atoms with Crippen LogP contribution in [0.2, 0.25) is 0 Å². The van der Waals surface area contributed by atoms with Gasteiger partial charge >= 0.3 is 102 Å². The van der Waals surface area contributed by atoms with Crippen LogP contribution < -0.4 is 4.90 Å². The molecule has 0 aromatic carbocycles. The number of halogens is 14. The van der Waals surface area contributed by atoms with Gasteiger partial charge in [0.1, 0.15) is 47.3 Å². The Morgan fingerprint density at radius 3 is 1.03 bits per heavy atom. The molecule has 24 nitrogen and oxygen atoms in total. The van der Waals surface area contributed by atoms with E-state index in [4.69, 9.17) is 31.8 Å². The van der Waals surface area contributed by atoms with E-state index < -0.39 is 92.7 Å². The van der Waals surface area contributed by atoms with E-state index >= 15 is 0 Å². The maximum Gasteiger partial charge on any atom is 2.00 e. The normalized spacial score (nSPS) is 11.6. The van der Waals surface area contributed by atoms with E-state index in [-0.39, 0.29) is 153 Å². The summed E-state index contributed by atoms with van der Waals surface area (Å²) >= 11 is 0. The molecule has 0 aliphatic heterocycles. The minimum absolute atomic E-state index is 0.